The summed E-state index contributed by atoms with van der Waals surface area (Å²) in [5.74, 6) is -0.724. The van der Waals surface area contributed by atoms with Crippen LogP contribution in [0.15, 0.2) is 0 Å². The Morgan fingerprint density at radius 2 is 2.00 bits per heavy atom. The van der Waals surface area contributed by atoms with Crippen molar-refractivity contribution in [1.82, 2.24) is 10.2 Å². The van der Waals surface area contributed by atoms with Gasteiger partial charge in [0, 0.05) is 26.3 Å². The van der Waals surface area contributed by atoms with E-state index < -0.39 is 11.5 Å². The van der Waals surface area contributed by atoms with Crippen molar-refractivity contribution in [3.63, 3.8) is 0 Å². The van der Waals surface area contributed by atoms with Gasteiger partial charge in [0.15, 0.2) is 0 Å². The monoisotopic (exact) mass is 286 g/mol. The van der Waals surface area contributed by atoms with Crippen molar-refractivity contribution >= 4 is 5.97 Å². The number of aliphatic carboxylic acids is 1. The Hall–Kier alpha value is -0.650. The van der Waals surface area contributed by atoms with Crippen LogP contribution in [0, 0.1) is 0 Å². The summed E-state index contributed by atoms with van der Waals surface area (Å²) in [5.41, 5.74) is -0.754. The Morgan fingerprint density at radius 1 is 1.35 bits per heavy atom. The second-order valence-electron chi connectivity index (χ2n) is 6.16. The fraction of sp³-hybridized carbons (Fsp3) is 0.933. The maximum absolute atomic E-state index is 11.4. The standard InChI is InChI=1S/C15H30N2O3/c1-15(14(18)19,16-13-7-8-13)9-4-5-10-17(2)11-6-12-20-3/h13,16H,4-12H2,1-3H3,(H,18,19). The van der Waals surface area contributed by atoms with E-state index in [9.17, 15) is 9.90 Å². The highest BCUT2D eigenvalue weighted by molar-refractivity contribution is 5.78. The molecule has 5 nitrogen and oxygen atoms in total. The van der Waals surface area contributed by atoms with Gasteiger partial charge in [-0.1, -0.05) is 0 Å². The number of carbonyl (C=O) groups is 1. The molecular weight excluding hydrogens is 256 g/mol. The van der Waals surface area contributed by atoms with E-state index in [0.29, 0.717) is 12.5 Å². The zero-order valence-corrected chi connectivity index (χ0v) is 13.2. The fourth-order valence-electron chi connectivity index (χ4n) is 2.37. The minimum Gasteiger partial charge on any atom is -0.480 e. The first kappa shape index (κ1) is 17.4. The van der Waals surface area contributed by atoms with E-state index in [2.05, 4.69) is 17.3 Å². The average Bonchev–Trinajstić information content (AvgIpc) is 3.18. The lowest BCUT2D eigenvalue weighted by Crippen LogP contribution is -2.50. The van der Waals surface area contributed by atoms with Gasteiger partial charge in [-0.25, -0.2) is 0 Å². The van der Waals surface area contributed by atoms with Crippen molar-refractivity contribution < 1.29 is 14.6 Å². The van der Waals surface area contributed by atoms with Crippen LogP contribution in [-0.4, -0.2) is 61.4 Å². The van der Waals surface area contributed by atoms with E-state index in [-0.39, 0.29) is 0 Å². The van der Waals surface area contributed by atoms with Gasteiger partial charge in [0.2, 0.25) is 0 Å². The third kappa shape index (κ3) is 6.68. The molecule has 0 saturated heterocycles. The maximum atomic E-state index is 11.4. The number of rotatable bonds is 12. The topological polar surface area (TPSA) is 61.8 Å². The molecule has 1 atom stereocenters. The van der Waals surface area contributed by atoms with Crippen LogP contribution >= 0.6 is 0 Å². The molecule has 0 aromatic carbocycles. The van der Waals surface area contributed by atoms with Gasteiger partial charge < -0.3 is 14.7 Å². The summed E-state index contributed by atoms with van der Waals surface area (Å²) < 4.78 is 5.03. The number of carboxylic acid groups (broad SMARTS) is 1. The van der Waals surface area contributed by atoms with E-state index in [1.54, 1.807) is 7.11 Å². The number of nitrogens with zero attached hydrogens (tertiary/aromatic N) is 1. The highest BCUT2D eigenvalue weighted by Gasteiger charge is 2.37. The Morgan fingerprint density at radius 3 is 2.55 bits per heavy atom. The molecule has 1 aliphatic rings. The van der Waals surface area contributed by atoms with Gasteiger partial charge >= 0.3 is 5.97 Å². The molecule has 2 N–H and O–H groups in total. The number of hydrogen-bond donors (Lipinski definition) is 2. The lowest BCUT2D eigenvalue weighted by Gasteiger charge is -2.27. The molecular formula is C15H30N2O3. The second-order valence-corrected chi connectivity index (χ2v) is 6.16. The zero-order chi connectivity index (χ0) is 15.0. The van der Waals surface area contributed by atoms with E-state index in [1.807, 2.05) is 6.92 Å². The summed E-state index contributed by atoms with van der Waals surface area (Å²) in [6, 6.07) is 0.424. The summed E-state index contributed by atoms with van der Waals surface area (Å²) in [6.07, 6.45) is 5.96. The predicted octanol–water partition coefficient (Wildman–Crippen LogP) is 1.72. The molecule has 1 rings (SSSR count). The first-order chi connectivity index (χ1) is 9.48. The number of nitrogens with one attached hydrogen (secondary N) is 1. The Bertz CT molecular complexity index is 295. The van der Waals surface area contributed by atoms with Crippen molar-refractivity contribution in [1.29, 1.82) is 0 Å². The first-order valence-electron chi connectivity index (χ1n) is 7.66. The van der Waals surface area contributed by atoms with Gasteiger partial charge in [0.05, 0.1) is 0 Å². The van der Waals surface area contributed by atoms with E-state index >= 15 is 0 Å². The summed E-state index contributed by atoms with van der Waals surface area (Å²) in [7, 11) is 3.83. The maximum Gasteiger partial charge on any atom is 0.323 e. The van der Waals surface area contributed by atoms with Crippen LogP contribution in [0.1, 0.15) is 45.4 Å². The highest BCUT2D eigenvalue weighted by Crippen LogP contribution is 2.25. The minimum atomic E-state index is -0.754. The lowest BCUT2D eigenvalue weighted by atomic mass is 9.94. The van der Waals surface area contributed by atoms with Gasteiger partial charge in [0.1, 0.15) is 5.54 Å². The van der Waals surface area contributed by atoms with Crippen molar-refractivity contribution in [2.75, 3.05) is 33.9 Å². The normalized spacial score (nSPS) is 18.2. The van der Waals surface area contributed by atoms with Gasteiger partial charge in [0.25, 0.3) is 0 Å². The van der Waals surface area contributed by atoms with Crippen LogP contribution in [0.3, 0.4) is 0 Å². The molecule has 0 aromatic heterocycles. The Labute approximate surface area is 122 Å². The number of unbranched alkanes of at least 4 members (excludes halogenated alkanes) is 1. The summed E-state index contributed by atoms with van der Waals surface area (Å²) in [4.78, 5) is 13.7. The molecule has 1 unspecified atom stereocenters. The zero-order valence-electron chi connectivity index (χ0n) is 13.2. The van der Waals surface area contributed by atoms with Crippen LogP contribution in [0.2, 0.25) is 0 Å². The summed E-state index contributed by atoms with van der Waals surface area (Å²) in [5, 5.41) is 12.6. The molecule has 0 bridgehead atoms. The van der Waals surface area contributed by atoms with E-state index in [0.717, 1.165) is 51.8 Å². The third-order valence-corrected chi connectivity index (χ3v) is 3.93. The van der Waals surface area contributed by atoms with Crippen molar-refractivity contribution in [2.24, 2.45) is 0 Å². The van der Waals surface area contributed by atoms with Gasteiger partial charge in [-0.3, -0.25) is 10.1 Å². The molecule has 0 heterocycles. The smallest absolute Gasteiger partial charge is 0.323 e. The number of ether oxygens (including phenoxy) is 1. The third-order valence-electron chi connectivity index (χ3n) is 3.93. The number of methoxy groups -OCH3 is 1. The van der Waals surface area contributed by atoms with Gasteiger partial charge in [-0.15, -0.1) is 0 Å². The van der Waals surface area contributed by atoms with Crippen LogP contribution in [0.5, 0.6) is 0 Å². The molecule has 0 aromatic rings. The molecule has 0 amide bonds. The molecule has 1 aliphatic carbocycles. The number of carboxylic acids is 1. The molecule has 1 saturated carbocycles. The molecule has 0 spiro atoms. The molecule has 1 fully saturated rings. The molecule has 118 valence electrons. The minimum absolute atomic E-state index is 0.424. The number of hydrogen-bond acceptors (Lipinski definition) is 4. The van der Waals surface area contributed by atoms with Crippen molar-refractivity contribution in [3.8, 4) is 0 Å². The van der Waals surface area contributed by atoms with Gasteiger partial charge in [-0.2, -0.15) is 0 Å². The quantitative estimate of drug-likeness (QED) is 0.535. The SMILES string of the molecule is COCCCN(C)CCCCC(C)(NC1CC1)C(=O)O. The van der Waals surface area contributed by atoms with E-state index in [4.69, 9.17) is 4.74 Å². The highest BCUT2D eigenvalue weighted by atomic mass is 16.5. The predicted molar refractivity (Wildman–Crippen MR) is 80.0 cm³/mol. The van der Waals surface area contributed by atoms with Crippen LogP contribution in [0.25, 0.3) is 0 Å². The molecule has 0 aliphatic heterocycles. The van der Waals surface area contributed by atoms with Crippen LogP contribution in [-0.2, 0) is 9.53 Å². The lowest BCUT2D eigenvalue weighted by molar-refractivity contribution is -0.144. The first-order valence-corrected chi connectivity index (χ1v) is 7.66. The second kappa shape index (κ2) is 8.60. The molecule has 0 radical (unpaired) electrons. The fourth-order valence-corrected chi connectivity index (χ4v) is 2.37. The van der Waals surface area contributed by atoms with Crippen molar-refractivity contribution in [3.05, 3.63) is 0 Å². The van der Waals surface area contributed by atoms with E-state index in [1.165, 1.54) is 0 Å². The van der Waals surface area contributed by atoms with Crippen LogP contribution < -0.4 is 5.32 Å². The Kier molecular flexibility index (Phi) is 7.48. The Balaban J connectivity index is 2.15. The van der Waals surface area contributed by atoms with Crippen molar-refractivity contribution in [2.45, 2.75) is 57.0 Å². The van der Waals surface area contributed by atoms with Gasteiger partial charge in [-0.05, 0) is 59.0 Å². The molecule has 20 heavy (non-hydrogen) atoms. The largest absolute Gasteiger partial charge is 0.480 e. The van der Waals surface area contributed by atoms with Crippen LogP contribution in [0.4, 0.5) is 0 Å². The average molecular weight is 286 g/mol. The summed E-state index contributed by atoms with van der Waals surface area (Å²) >= 11 is 0. The molecule has 5 heteroatoms. The summed E-state index contributed by atoms with van der Waals surface area (Å²) in [6.45, 7) is 4.66.